The second-order valence-corrected chi connectivity index (χ2v) is 3.91. The van der Waals surface area contributed by atoms with Crippen LogP contribution in [0.1, 0.15) is 16.1 Å². The van der Waals surface area contributed by atoms with Gasteiger partial charge in [0.2, 0.25) is 5.78 Å². The Morgan fingerprint density at radius 1 is 1.05 bits per heavy atom. The van der Waals surface area contributed by atoms with Crippen molar-refractivity contribution in [1.29, 1.82) is 0 Å². The number of hydrogen-bond acceptors (Lipinski definition) is 6. The van der Waals surface area contributed by atoms with Crippen LogP contribution in [0.4, 0.5) is 11.6 Å². The molecule has 0 spiro atoms. The van der Waals surface area contributed by atoms with Gasteiger partial charge in [-0.05, 0) is 24.3 Å². The lowest BCUT2D eigenvalue weighted by Gasteiger charge is -1.95. The summed E-state index contributed by atoms with van der Waals surface area (Å²) < 4.78 is 4.74. The zero-order valence-electron chi connectivity index (χ0n) is 10.5. The van der Waals surface area contributed by atoms with E-state index >= 15 is 0 Å². The molecule has 1 aromatic heterocycles. The third-order valence-electron chi connectivity index (χ3n) is 2.56. The van der Waals surface area contributed by atoms with Gasteiger partial charge in [0, 0.05) is 6.07 Å². The van der Waals surface area contributed by atoms with Crippen molar-refractivity contribution < 1.29 is 19.1 Å². The Hall–Kier alpha value is -3.29. The summed E-state index contributed by atoms with van der Waals surface area (Å²) >= 11 is 0. The highest BCUT2D eigenvalue weighted by Crippen LogP contribution is 2.20. The van der Waals surface area contributed by atoms with Gasteiger partial charge in [0.1, 0.15) is 4.92 Å². The van der Waals surface area contributed by atoms with Crippen LogP contribution >= 0.6 is 0 Å². The molecule has 8 nitrogen and oxygen atoms in total. The van der Waals surface area contributed by atoms with Crippen LogP contribution in [0.25, 0.3) is 6.08 Å². The van der Waals surface area contributed by atoms with Gasteiger partial charge in [-0.1, -0.05) is 12.1 Å². The van der Waals surface area contributed by atoms with Crippen molar-refractivity contribution in [2.75, 3.05) is 0 Å². The van der Waals surface area contributed by atoms with Crippen LogP contribution in [-0.2, 0) is 0 Å². The maximum absolute atomic E-state index is 11.8. The molecule has 0 aliphatic carbocycles. The summed E-state index contributed by atoms with van der Waals surface area (Å²) in [5.41, 5.74) is 0.101. The molecule has 1 heterocycles. The lowest BCUT2D eigenvalue weighted by atomic mass is 10.1. The van der Waals surface area contributed by atoms with Crippen molar-refractivity contribution in [2.24, 2.45) is 0 Å². The van der Waals surface area contributed by atoms with Gasteiger partial charge in [-0.2, -0.15) is 0 Å². The van der Waals surface area contributed by atoms with E-state index in [0.29, 0.717) is 0 Å². The van der Waals surface area contributed by atoms with E-state index in [9.17, 15) is 25.0 Å². The van der Waals surface area contributed by atoms with Crippen molar-refractivity contribution in [3.8, 4) is 0 Å². The summed E-state index contributed by atoms with van der Waals surface area (Å²) in [5.74, 6) is -1.38. The van der Waals surface area contributed by atoms with E-state index in [1.54, 1.807) is 6.07 Å². The van der Waals surface area contributed by atoms with Crippen molar-refractivity contribution in [3.63, 3.8) is 0 Å². The van der Waals surface area contributed by atoms with E-state index in [0.717, 1.165) is 12.1 Å². The number of ketones is 1. The molecule has 0 saturated carbocycles. The number of nitro benzene ring substituents is 1. The van der Waals surface area contributed by atoms with Crippen molar-refractivity contribution in [1.82, 2.24) is 0 Å². The normalized spacial score (nSPS) is 10.7. The largest absolute Gasteiger partial charge is 0.433 e. The molecule has 0 atom stereocenters. The average Bonchev–Trinajstić information content (AvgIpc) is 2.95. The van der Waals surface area contributed by atoms with Crippen LogP contribution in [-0.4, -0.2) is 15.6 Å². The third kappa shape index (κ3) is 3.18. The zero-order chi connectivity index (χ0) is 15.4. The third-order valence-corrected chi connectivity index (χ3v) is 2.56. The lowest BCUT2D eigenvalue weighted by molar-refractivity contribution is -0.402. The van der Waals surface area contributed by atoms with E-state index in [1.165, 1.54) is 30.3 Å². The Labute approximate surface area is 117 Å². The molecule has 0 fully saturated rings. The topological polar surface area (TPSA) is 116 Å². The molecule has 0 amide bonds. The van der Waals surface area contributed by atoms with E-state index in [-0.39, 0.29) is 17.0 Å². The molecular formula is C13H8N2O6. The van der Waals surface area contributed by atoms with Gasteiger partial charge >= 0.3 is 5.88 Å². The molecule has 8 heteroatoms. The van der Waals surface area contributed by atoms with Crippen LogP contribution in [0.3, 0.4) is 0 Å². The number of carbonyl (C=O) groups excluding carboxylic acids is 1. The highest BCUT2D eigenvalue weighted by Gasteiger charge is 2.16. The predicted molar refractivity (Wildman–Crippen MR) is 71.8 cm³/mol. The zero-order valence-corrected chi connectivity index (χ0v) is 10.5. The fraction of sp³-hybridized carbons (Fsp3) is 0. The summed E-state index contributed by atoms with van der Waals surface area (Å²) in [6.07, 6.45) is 2.32. The first kappa shape index (κ1) is 14.1. The summed E-state index contributed by atoms with van der Waals surface area (Å²) in [5, 5.41) is 21.3. The minimum atomic E-state index is -0.761. The molecule has 21 heavy (non-hydrogen) atoms. The second-order valence-electron chi connectivity index (χ2n) is 3.91. The first-order valence-electron chi connectivity index (χ1n) is 5.69. The fourth-order valence-corrected chi connectivity index (χ4v) is 1.60. The lowest BCUT2D eigenvalue weighted by Crippen LogP contribution is -1.93. The smallest absolute Gasteiger partial charge is 0.397 e. The van der Waals surface area contributed by atoms with Crippen LogP contribution in [0.2, 0.25) is 0 Å². The van der Waals surface area contributed by atoms with Gasteiger partial charge in [0.05, 0.1) is 16.6 Å². The summed E-state index contributed by atoms with van der Waals surface area (Å²) in [6.45, 7) is 0. The van der Waals surface area contributed by atoms with Crippen LogP contribution in [0.5, 0.6) is 0 Å². The van der Waals surface area contributed by atoms with Crippen molar-refractivity contribution in [3.05, 3.63) is 74.0 Å². The number of furan rings is 1. The second kappa shape index (κ2) is 5.78. The predicted octanol–water partition coefficient (Wildman–Crippen LogP) is 2.99. The molecule has 1 aromatic carbocycles. The van der Waals surface area contributed by atoms with Gasteiger partial charge < -0.3 is 4.42 Å². The SMILES string of the molecule is O=C(C=Cc1ccccc1[N+](=O)[O-])c1ccc([N+](=O)[O-])o1. The Balaban J connectivity index is 2.22. The average molecular weight is 288 g/mol. The maximum atomic E-state index is 11.8. The van der Waals surface area contributed by atoms with Gasteiger partial charge in [0.25, 0.3) is 5.69 Å². The van der Waals surface area contributed by atoms with Crippen LogP contribution < -0.4 is 0 Å². The first-order chi connectivity index (χ1) is 9.99. The molecule has 2 rings (SSSR count). The molecule has 0 radical (unpaired) electrons. The summed E-state index contributed by atoms with van der Waals surface area (Å²) in [6, 6.07) is 8.12. The Bertz CT molecular complexity index is 747. The molecule has 106 valence electrons. The molecule has 0 N–H and O–H groups in total. The number of benzene rings is 1. The number of rotatable bonds is 5. The molecule has 0 bridgehead atoms. The maximum Gasteiger partial charge on any atom is 0.433 e. The van der Waals surface area contributed by atoms with Gasteiger partial charge in [-0.3, -0.25) is 25.0 Å². The molecular weight excluding hydrogens is 280 g/mol. The molecule has 0 unspecified atom stereocenters. The van der Waals surface area contributed by atoms with Crippen molar-refractivity contribution in [2.45, 2.75) is 0 Å². The fourth-order valence-electron chi connectivity index (χ4n) is 1.60. The minimum Gasteiger partial charge on any atom is -0.397 e. The first-order valence-corrected chi connectivity index (χ1v) is 5.69. The minimum absolute atomic E-state index is 0.146. The number of para-hydroxylation sites is 1. The Morgan fingerprint density at radius 2 is 1.76 bits per heavy atom. The Kier molecular flexibility index (Phi) is 3.89. The van der Waals surface area contributed by atoms with Crippen LogP contribution in [0, 0.1) is 20.2 Å². The molecule has 0 aliphatic rings. The number of allylic oxidation sites excluding steroid dienone is 1. The molecule has 0 aliphatic heterocycles. The number of nitro groups is 2. The highest BCUT2D eigenvalue weighted by molar-refractivity contribution is 6.05. The van der Waals surface area contributed by atoms with E-state index in [4.69, 9.17) is 4.42 Å². The van der Waals surface area contributed by atoms with E-state index in [2.05, 4.69) is 0 Å². The standard InChI is InChI=1S/C13H8N2O6/c16-11(12-7-8-13(21-12)15(19)20)6-5-9-3-1-2-4-10(9)14(17)18/h1-8H. The van der Waals surface area contributed by atoms with E-state index in [1.807, 2.05) is 0 Å². The van der Waals surface area contributed by atoms with Crippen molar-refractivity contribution >= 4 is 23.4 Å². The number of hydrogen-bond donors (Lipinski definition) is 0. The number of carbonyl (C=O) groups is 1. The van der Waals surface area contributed by atoms with Gasteiger partial charge in [-0.25, -0.2) is 0 Å². The molecule has 0 saturated heterocycles. The monoisotopic (exact) mass is 288 g/mol. The van der Waals surface area contributed by atoms with Crippen LogP contribution in [0.15, 0.2) is 46.9 Å². The quantitative estimate of drug-likeness (QED) is 0.361. The van der Waals surface area contributed by atoms with Gasteiger partial charge in [0.15, 0.2) is 5.76 Å². The van der Waals surface area contributed by atoms with Gasteiger partial charge in [-0.15, -0.1) is 0 Å². The van der Waals surface area contributed by atoms with E-state index < -0.39 is 21.5 Å². The Morgan fingerprint density at radius 3 is 2.38 bits per heavy atom. The molecule has 2 aromatic rings. The number of nitrogens with zero attached hydrogens (tertiary/aromatic N) is 2. The highest BCUT2D eigenvalue weighted by atomic mass is 16.6. The summed E-state index contributed by atoms with van der Waals surface area (Å²) in [7, 11) is 0. The summed E-state index contributed by atoms with van der Waals surface area (Å²) in [4.78, 5) is 31.7.